The first-order valence-electron chi connectivity index (χ1n) is 10.5. The molecular formula is C23H23F2N3O4S2. The lowest BCUT2D eigenvalue weighted by atomic mass is 10.0. The van der Waals surface area contributed by atoms with E-state index in [1.807, 2.05) is 0 Å². The van der Waals surface area contributed by atoms with Crippen molar-refractivity contribution in [1.29, 1.82) is 0 Å². The zero-order valence-corrected chi connectivity index (χ0v) is 19.7. The average Bonchev–Trinajstić information content (AvgIpc) is 3.08. The zero-order chi connectivity index (χ0) is 24.5. The van der Waals surface area contributed by atoms with E-state index in [0.29, 0.717) is 19.6 Å². The Morgan fingerprint density at radius 1 is 0.853 bits per heavy atom. The largest absolute Gasteiger partial charge is 0.368 e. The summed E-state index contributed by atoms with van der Waals surface area (Å²) in [6, 6.07) is 12.4. The molecule has 11 heteroatoms. The molecule has 7 nitrogen and oxygen atoms in total. The minimum atomic E-state index is -4.42. The van der Waals surface area contributed by atoms with E-state index in [9.17, 15) is 21.2 Å². The Labute approximate surface area is 197 Å². The number of sulfone groups is 1. The van der Waals surface area contributed by atoms with Crippen LogP contribution in [-0.2, 0) is 19.9 Å². The quantitative estimate of drug-likeness (QED) is 0.550. The van der Waals surface area contributed by atoms with Crippen LogP contribution >= 0.6 is 0 Å². The van der Waals surface area contributed by atoms with Crippen LogP contribution in [0.5, 0.6) is 0 Å². The molecule has 3 aromatic rings. The molecule has 0 radical (unpaired) electrons. The molecule has 1 aliphatic heterocycles. The Bertz CT molecular complexity index is 1440. The lowest BCUT2D eigenvalue weighted by molar-refractivity contribution is 0.588. The maximum atomic E-state index is 16.1. The second kappa shape index (κ2) is 9.41. The third kappa shape index (κ3) is 4.69. The summed E-state index contributed by atoms with van der Waals surface area (Å²) in [5.74, 6) is -1.65. The summed E-state index contributed by atoms with van der Waals surface area (Å²) in [5, 5.41) is 8.60. The highest BCUT2D eigenvalue weighted by molar-refractivity contribution is 7.91. The summed E-state index contributed by atoms with van der Waals surface area (Å²) in [6.45, 7) is 2.38. The van der Waals surface area contributed by atoms with Crippen LogP contribution in [0.25, 0.3) is 11.1 Å². The molecule has 1 heterocycles. The predicted molar refractivity (Wildman–Crippen MR) is 125 cm³/mol. The second-order valence-electron chi connectivity index (χ2n) is 7.86. The van der Waals surface area contributed by atoms with Crippen LogP contribution in [0.4, 0.5) is 14.5 Å². The predicted octanol–water partition coefficient (Wildman–Crippen LogP) is 2.91. The Balaban J connectivity index is 1.99. The fourth-order valence-electron chi connectivity index (χ4n) is 4.03. The van der Waals surface area contributed by atoms with Gasteiger partial charge in [-0.25, -0.2) is 30.8 Å². The second-order valence-corrected chi connectivity index (χ2v) is 11.3. The summed E-state index contributed by atoms with van der Waals surface area (Å²) in [5.41, 5.74) is -0.472. The van der Waals surface area contributed by atoms with Gasteiger partial charge in [0.15, 0.2) is 5.82 Å². The maximum absolute atomic E-state index is 16.1. The standard InChI is InChI=1S/C23H23F2N3O4S2/c24-16-5-3-6-17(15-16)33(29,30)20-8-2-1-7-18(20)22-21(34(26,31)32)10-9-19(23(22)25)28-13-4-11-27-12-14-28/h1-3,5-10,15,27H,4,11-14H2,(H2,26,31,32). The molecule has 0 unspecified atom stereocenters. The number of primary sulfonamides is 1. The molecule has 0 atom stereocenters. The number of anilines is 1. The number of hydrogen-bond acceptors (Lipinski definition) is 6. The number of benzene rings is 3. The zero-order valence-electron chi connectivity index (χ0n) is 18.0. The van der Waals surface area contributed by atoms with Crippen LogP contribution in [0.1, 0.15) is 6.42 Å². The normalized spacial score (nSPS) is 15.2. The van der Waals surface area contributed by atoms with Crippen LogP contribution in [0, 0.1) is 11.6 Å². The summed E-state index contributed by atoms with van der Waals surface area (Å²) in [4.78, 5) is 0.532. The Morgan fingerprint density at radius 3 is 2.35 bits per heavy atom. The molecule has 0 spiro atoms. The van der Waals surface area contributed by atoms with Gasteiger partial charge >= 0.3 is 0 Å². The number of halogens is 2. The third-order valence-corrected chi connectivity index (χ3v) is 8.39. The molecule has 0 amide bonds. The van der Waals surface area contributed by atoms with Gasteiger partial charge < -0.3 is 10.2 Å². The molecule has 1 saturated heterocycles. The number of nitrogens with two attached hydrogens (primary N) is 1. The van der Waals surface area contributed by atoms with Gasteiger partial charge in [-0.2, -0.15) is 0 Å². The van der Waals surface area contributed by atoms with Crippen LogP contribution in [0.15, 0.2) is 75.4 Å². The summed E-state index contributed by atoms with van der Waals surface area (Å²) < 4.78 is 81.4. The molecule has 3 aromatic carbocycles. The van der Waals surface area contributed by atoms with Crippen molar-refractivity contribution < 1.29 is 25.6 Å². The molecule has 180 valence electrons. The molecule has 1 fully saturated rings. The molecule has 3 N–H and O–H groups in total. The first kappa shape index (κ1) is 24.3. The Hall–Kier alpha value is -2.86. The smallest absolute Gasteiger partial charge is 0.238 e. The van der Waals surface area contributed by atoms with Gasteiger partial charge in [0.25, 0.3) is 0 Å². The van der Waals surface area contributed by atoms with E-state index in [1.54, 1.807) is 4.90 Å². The van der Waals surface area contributed by atoms with Crippen molar-refractivity contribution in [2.45, 2.75) is 21.1 Å². The van der Waals surface area contributed by atoms with E-state index >= 15 is 4.39 Å². The Morgan fingerprint density at radius 2 is 1.62 bits per heavy atom. The fourth-order valence-corrected chi connectivity index (χ4v) is 6.27. The molecule has 1 aliphatic rings. The van der Waals surface area contributed by atoms with Gasteiger partial charge in [0, 0.05) is 30.8 Å². The van der Waals surface area contributed by atoms with E-state index in [4.69, 9.17) is 5.14 Å². The topological polar surface area (TPSA) is 110 Å². The van der Waals surface area contributed by atoms with Gasteiger partial charge in [-0.1, -0.05) is 24.3 Å². The highest BCUT2D eigenvalue weighted by Gasteiger charge is 2.29. The first-order valence-corrected chi connectivity index (χ1v) is 13.5. The van der Waals surface area contributed by atoms with E-state index in [1.165, 1.54) is 48.5 Å². The van der Waals surface area contributed by atoms with Crippen LogP contribution in [0.2, 0.25) is 0 Å². The number of rotatable bonds is 5. The number of hydrogen-bond donors (Lipinski definition) is 2. The minimum Gasteiger partial charge on any atom is -0.368 e. The number of sulfonamides is 1. The van der Waals surface area contributed by atoms with Crippen molar-refractivity contribution in [2.24, 2.45) is 5.14 Å². The molecule has 34 heavy (non-hydrogen) atoms. The Kier molecular flexibility index (Phi) is 6.72. The summed E-state index contributed by atoms with van der Waals surface area (Å²) >= 11 is 0. The minimum absolute atomic E-state index is 0.143. The fraction of sp³-hybridized carbons (Fsp3) is 0.217. The van der Waals surface area contributed by atoms with Gasteiger partial charge in [0.1, 0.15) is 5.82 Å². The molecular weight excluding hydrogens is 484 g/mol. The van der Waals surface area contributed by atoms with Crippen molar-refractivity contribution in [3.63, 3.8) is 0 Å². The third-order valence-electron chi connectivity index (χ3n) is 5.62. The van der Waals surface area contributed by atoms with Gasteiger partial charge in [-0.05, 0) is 49.4 Å². The molecule has 4 rings (SSSR count). The van der Waals surface area contributed by atoms with Crippen LogP contribution in [0.3, 0.4) is 0 Å². The molecule has 0 bridgehead atoms. The summed E-state index contributed by atoms with van der Waals surface area (Å²) in [7, 11) is -8.75. The van der Waals surface area contributed by atoms with Crippen molar-refractivity contribution in [3.05, 3.63) is 72.3 Å². The van der Waals surface area contributed by atoms with Gasteiger partial charge in [0.2, 0.25) is 19.9 Å². The van der Waals surface area contributed by atoms with Crippen molar-refractivity contribution >= 4 is 25.5 Å². The van der Waals surface area contributed by atoms with Crippen molar-refractivity contribution in [3.8, 4) is 11.1 Å². The highest BCUT2D eigenvalue weighted by Crippen LogP contribution is 2.39. The number of nitrogens with one attached hydrogen (secondary N) is 1. The monoisotopic (exact) mass is 507 g/mol. The van der Waals surface area contributed by atoms with E-state index in [0.717, 1.165) is 25.1 Å². The summed E-state index contributed by atoms with van der Waals surface area (Å²) in [6.07, 6.45) is 0.746. The average molecular weight is 508 g/mol. The van der Waals surface area contributed by atoms with Crippen LogP contribution in [-0.4, -0.2) is 43.0 Å². The SMILES string of the molecule is NS(=O)(=O)c1ccc(N2CCCNCC2)c(F)c1-c1ccccc1S(=O)(=O)c1cccc(F)c1. The first-order chi connectivity index (χ1) is 16.1. The van der Waals surface area contributed by atoms with Gasteiger partial charge in [-0.15, -0.1) is 0 Å². The van der Waals surface area contributed by atoms with E-state index < -0.39 is 42.0 Å². The van der Waals surface area contributed by atoms with E-state index in [2.05, 4.69) is 5.32 Å². The van der Waals surface area contributed by atoms with Crippen LogP contribution < -0.4 is 15.4 Å². The highest BCUT2D eigenvalue weighted by atomic mass is 32.2. The molecule has 0 aromatic heterocycles. The van der Waals surface area contributed by atoms with E-state index in [-0.39, 0.29) is 21.0 Å². The molecule has 0 aliphatic carbocycles. The lowest BCUT2D eigenvalue weighted by Crippen LogP contribution is -2.29. The molecule has 0 saturated carbocycles. The lowest BCUT2D eigenvalue weighted by Gasteiger charge is -2.25. The van der Waals surface area contributed by atoms with Gasteiger partial charge in [0.05, 0.1) is 20.4 Å². The van der Waals surface area contributed by atoms with Crippen molar-refractivity contribution in [2.75, 3.05) is 31.1 Å². The number of nitrogens with zero attached hydrogens (tertiary/aromatic N) is 1. The maximum Gasteiger partial charge on any atom is 0.238 e. The van der Waals surface area contributed by atoms with Gasteiger partial charge in [-0.3, -0.25) is 0 Å². The van der Waals surface area contributed by atoms with Crippen molar-refractivity contribution in [1.82, 2.24) is 5.32 Å².